The molecule has 1 aliphatic heterocycles. The van der Waals surface area contributed by atoms with E-state index in [0.717, 1.165) is 0 Å². The van der Waals surface area contributed by atoms with E-state index >= 15 is 0 Å². The summed E-state index contributed by atoms with van der Waals surface area (Å²) in [5, 5.41) is 0. The summed E-state index contributed by atoms with van der Waals surface area (Å²) in [6, 6.07) is 6.77. The third-order valence-corrected chi connectivity index (χ3v) is 3.18. The molecule has 0 spiro atoms. The van der Waals surface area contributed by atoms with E-state index in [2.05, 4.69) is 65.2 Å². The van der Waals surface area contributed by atoms with Crippen molar-refractivity contribution in [1.82, 2.24) is 0 Å². The molecule has 1 aliphatic rings. The lowest BCUT2D eigenvalue weighted by molar-refractivity contribution is 0.815. The van der Waals surface area contributed by atoms with E-state index in [9.17, 15) is 0 Å². The Morgan fingerprint density at radius 3 is 2.92 bits per heavy atom. The van der Waals surface area contributed by atoms with Gasteiger partial charge in [0.25, 0.3) is 0 Å². The fourth-order valence-electron chi connectivity index (χ4n) is 1.61. The fourth-order valence-corrected chi connectivity index (χ4v) is 2.28. The normalized spacial score (nSPS) is 20.2. The molecule has 2 rings (SSSR count). The van der Waals surface area contributed by atoms with E-state index in [-0.39, 0.29) is 0 Å². The van der Waals surface area contributed by atoms with Gasteiger partial charge in [0.2, 0.25) is 0 Å². The molecule has 0 saturated carbocycles. The number of rotatable bonds is 0. The molecule has 0 radical (unpaired) electrons. The van der Waals surface area contributed by atoms with Crippen LogP contribution in [0.4, 0.5) is 5.69 Å². The number of anilines is 1. The van der Waals surface area contributed by atoms with Gasteiger partial charge in [0, 0.05) is 17.6 Å². The summed E-state index contributed by atoms with van der Waals surface area (Å²) in [5.74, 6) is 0. The molecule has 0 fully saturated rings. The molecular formula is C11H12BrN. The Morgan fingerprint density at radius 1 is 1.38 bits per heavy atom. The van der Waals surface area contributed by atoms with Gasteiger partial charge in [-0.15, -0.1) is 0 Å². The average molecular weight is 238 g/mol. The molecule has 0 amide bonds. The standard InChI is InChI=1S/C11H12BrN/c1-8-6-7-9-4-3-5-10(12)11(9)13(8)2/h3-8H,1-2H3. The van der Waals surface area contributed by atoms with Gasteiger partial charge in [0.15, 0.2) is 0 Å². The zero-order chi connectivity index (χ0) is 9.42. The van der Waals surface area contributed by atoms with Crippen LogP contribution in [0.2, 0.25) is 0 Å². The molecule has 1 unspecified atom stereocenters. The summed E-state index contributed by atoms with van der Waals surface area (Å²) in [7, 11) is 2.12. The van der Waals surface area contributed by atoms with Crippen LogP contribution in [0.3, 0.4) is 0 Å². The molecule has 0 saturated heterocycles. The lowest BCUT2D eigenvalue weighted by atomic mass is 10.0. The number of para-hydroxylation sites is 1. The number of fused-ring (bicyclic) bond motifs is 1. The molecule has 2 heteroatoms. The summed E-state index contributed by atoms with van der Waals surface area (Å²) in [6.45, 7) is 2.19. The molecule has 0 aromatic heterocycles. The Kier molecular flexibility index (Phi) is 2.16. The number of hydrogen-bond acceptors (Lipinski definition) is 1. The van der Waals surface area contributed by atoms with E-state index in [1.807, 2.05) is 0 Å². The van der Waals surface area contributed by atoms with Gasteiger partial charge in [-0.3, -0.25) is 0 Å². The highest BCUT2D eigenvalue weighted by atomic mass is 79.9. The molecule has 1 atom stereocenters. The molecule has 0 N–H and O–H groups in total. The van der Waals surface area contributed by atoms with Crippen LogP contribution in [0.15, 0.2) is 28.7 Å². The van der Waals surface area contributed by atoms with Crippen LogP contribution in [0, 0.1) is 0 Å². The quantitative estimate of drug-likeness (QED) is 0.670. The monoisotopic (exact) mass is 237 g/mol. The van der Waals surface area contributed by atoms with Crippen molar-refractivity contribution in [3.8, 4) is 0 Å². The van der Waals surface area contributed by atoms with Crippen molar-refractivity contribution < 1.29 is 0 Å². The Labute approximate surface area is 87.2 Å². The molecule has 13 heavy (non-hydrogen) atoms. The first-order valence-electron chi connectivity index (χ1n) is 4.39. The highest BCUT2D eigenvalue weighted by Crippen LogP contribution is 2.34. The van der Waals surface area contributed by atoms with Crippen molar-refractivity contribution in [2.45, 2.75) is 13.0 Å². The molecule has 1 nitrogen and oxygen atoms in total. The van der Waals surface area contributed by atoms with E-state index in [1.54, 1.807) is 0 Å². The predicted molar refractivity (Wildman–Crippen MR) is 61.0 cm³/mol. The van der Waals surface area contributed by atoms with Crippen molar-refractivity contribution in [1.29, 1.82) is 0 Å². The maximum absolute atomic E-state index is 3.57. The topological polar surface area (TPSA) is 3.24 Å². The van der Waals surface area contributed by atoms with E-state index in [1.165, 1.54) is 15.7 Å². The summed E-state index contributed by atoms with van der Waals surface area (Å²) in [4.78, 5) is 2.28. The predicted octanol–water partition coefficient (Wildman–Crippen LogP) is 3.30. The molecule has 1 heterocycles. The number of halogens is 1. The van der Waals surface area contributed by atoms with Gasteiger partial charge < -0.3 is 4.90 Å². The van der Waals surface area contributed by atoms with Gasteiger partial charge >= 0.3 is 0 Å². The van der Waals surface area contributed by atoms with Crippen LogP contribution >= 0.6 is 15.9 Å². The zero-order valence-corrected chi connectivity index (χ0v) is 9.38. The Balaban J connectivity index is 2.60. The maximum Gasteiger partial charge on any atom is 0.0586 e. The summed E-state index contributed by atoms with van der Waals surface area (Å²) in [5.41, 5.74) is 2.58. The average Bonchev–Trinajstić information content (AvgIpc) is 2.12. The summed E-state index contributed by atoms with van der Waals surface area (Å²) < 4.78 is 1.17. The SMILES string of the molecule is CC1C=Cc2cccc(Br)c2N1C. The van der Waals surface area contributed by atoms with Gasteiger partial charge in [0.1, 0.15) is 0 Å². The first kappa shape index (κ1) is 8.82. The van der Waals surface area contributed by atoms with Crippen LogP contribution in [0.1, 0.15) is 12.5 Å². The first-order valence-corrected chi connectivity index (χ1v) is 5.19. The zero-order valence-electron chi connectivity index (χ0n) is 7.79. The van der Waals surface area contributed by atoms with Gasteiger partial charge in [-0.2, -0.15) is 0 Å². The molecule has 0 bridgehead atoms. The fraction of sp³-hybridized carbons (Fsp3) is 0.273. The van der Waals surface area contributed by atoms with Gasteiger partial charge in [-0.25, -0.2) is 0 Å². The smallest absolute Gasteiger partial charge is 0.0586 e. The van der Waals surface area contributed by atoms with Crippen LogP contribution in [0.5, 0.6) is 0 Å². The largest absolute Gasteiger partial charge is 0.367 e. The lowest BCUT2D eigenvalue weighted by Crippen LogP contribution is -2.29. The highest BCUT2D eigenvalue weighted by molar-refractivity contribution is 9.10. The van der Waals surface area contributed by atoms with Crippen molar-refractivity contribution in [2.75, 3.05) is 11.9 Å². The molecule has 1 aromatic carbocycles. The molecule has 68 valence electrons. The third kappa shape index (κ3) is 1.39. The van der Waals surface area contributed by atoms with Crippen LogP contribution < -0.4 is 4.90 Å². The van der Waals surface area contributed by atoms with Crippen LogP contribution in [0.25, 0.3) is 6.08 Å². The van der Waals surface area contributed by atoms with E-state index < -0.39 is 0 Å². The number of hydrogen-bond donors (Lipinski definition) is 0. The Bertz CT molecular complexity index is 357. The van der Waals surface area contributed by atoms with Gasteiger partial charge in [-0.1, -0.05) is 24.3 Å². The lowest BCUT2D eigenvalue weighted by Gasteiger charge is -2.30. The number of benzene rings is 1. The van der Waals surface area contributed by atoms with Gasteiger partial charge in [0.05, 0.1) is 5.69 Å². The summed E-state index contributed by atoms with van der Waals surface area (Å²) in [6.07, 6.45) is 4.40. The van der Waals surface area contributed by atoms with E-state index in [4.69, 9.17) is 0 Å². The first-order chi connectivity index (χ1) is 6.20. The van der Waals surface area contributed by atoms with Crippen molar-refractivity contribution in [2.24, 2.45) is 0 Å². The second-order valence-corrected chi connectivity index (χ2v) is 4.24. The second-order valence-electron chi connectivity index (χ2n) is 3.39. The number of nitrogens with zero attached hydrogens (tertiary/aromatic N) is 1. The minimum Gasteiger partial charge on any atom is -0.367 e. The van der Waals surface area contributed by atoms with Crippen LogP contribution in [-0.4, -0.2) is 13.1 Å². The van der Waals surface area contributed by atoms with Crippen molar-refractivity contribution in [3.63, 3.8) is 0 Å². The van der Waals surface area contributed by atoms with E-state index in [0.29, 0.717) is 6.04 Å². The maximum atomic E-state index is 3.57. The molecular weight excluding hydrogens is 226 g/mol. The van der Waals surface area contributed by atoms with Crippen molar-refractivity contribution in [3.05, 3.63) is 34.3 Å². The van der Waals surface area contributed by atoms with Crippen molar-refractivity contribution >= 4 is 27.7 Å². The minimum atomic E-state index is 0.478. The van der Waals surface area contributed by atoms with Gasteiger partial charge in [-0.05, 0) is 34.5 Å². The number of likely N-dealkylation sites (N-methyl/N-ethyl adjacent to an activating group) is 1. The minimum absolute atomic E-state index is 0.478. The highest BCUT2D eigenvalue weighted by Gasteiger charge is 2.16. The molecule has 1 aromatic rings. The Morgan fingerprint density at radius 2 is 2.15 bits per heavy atom. The van der Waals surface area contributed by atoms with Crippen LogP contribution in [-0.2, 0) is 0 Å². The third-order valence-electron chi connectivity index (χ3n) is 2.54. The summed E-state index contributed by atoms with van der Waals surface area (Å²) >= 11 is 3.57. The Hall–Kier alpha value is -0.760. The second kappa shape index (κ2) is 3.18. The molecule has 0 aliphatic carbocycles.